The number of nitrogens with zero attached hydrogens (tertiary/aromatic N) is 2. The number of methoxy groups -OCH3 is 1. The van der Waals surface area contributed by atoms with Crippen LogP contribution in [0.15, 0.2) is 24.4 Å². The van der Waals surface area contributed by atoms with Gasteiger partial charge >= 0.3 is 0 Å². The van der Waals surface area contributed by atoms with E-state index in [1.54, 1.807) is 6.20 Å². The van der Waals surface area contributed by atoms with Gasteiger partial charge in [-0.15, -0.1) is 0 Å². The van der Waals surface area contributed by atoms with Crippen molar-refractivity contribution in [2.45, 2.75) is 44.2 Å². The highest BCUT2D eigenvalue weighted by molar-refractivity contribution is 5.88. The van der Waals surface area contributed by atoms with Crippen LogP contribution < -0.4 is 11.1 Å². The van der Waals surface area contributed by atoms with E-state index in [9.17, 15) is 13.6 Å². The van der Waals surface area contributed by atoms with Crippen molar-refractivity contribution in [3.63, 3.8) is 0 Å². The second kappa shape index (κ2) is 7.96. The normalized spacial score (nSPS) is 15.7. The van der Waals surface area contributed by atoms with Crippen LogP contribution in [0.3, 0.4) is 0 Å². The first kappa shape index (κ1) is 19.2. The van der Waals surface area contributed by atoms with Gasteiger partial charge in [0.25, 0.3) is 0 Å². The molecule has 1 saturated carbocycles. The van der Waals surface area contributed by atoms with Crippen molar-refractivity contribution >= 4 is 11.7 Å². The summed E-state index contributed by atoms with van der Waals surface area (Å²) in [6, 6.07) is 3.29. The number of anilines is 1. The number of ether oxygens (including phenoxy) is 1. The van der Waals surface area contributed by atoms with Gasteiger partial charge in [0.05, 0.1) is 5.41 Å². The van der Waals surface area contributed by atoms with Crippen LogP contribution in [-0.2, 0) is 28.1 Å². The van der Waals surface area contributed by atoms with Gasteiger partial charge in [0, 0.05) is 31.5 Å². The summed E-state index contributed by atoms with van der Waals surface area (Å²) in [5.41, 5.74) is 5.92. The lowest BCUT2D eigenvalue weighted by atomic mass is 9.78. The van der Waals surface area contributed by atoms with Gasteiger partial charge < -0.3 is 15.8 Å². The number of aromatic nitrogens is 2. The van der Waals surface area contributed by atoms with Crippen molar-refractivity contribution in [1.29, 1.82) is 0 Å². The predicted molar refractivity (Wildman–Crippen MR) is 95.5 cm³/mol. The lowest BCUT2D eigenvalue weighted by Crippen LogP contribution is -2.42. The number of carbonyl (C=O) groups excluding carboxylic acids is 1. The van der Waals surface area contributed by atoms with Crippen LogP contribution >= 0.6 is 0 Å². The van der Waals surface area contributed by atoms with Gasteiger partial charge in [-0.05, 0) is 30.5 Å². The molecular formula is C19H22F2N4O2. The summed E-state index contributed by atoms with van der Waals surface area (Å²) < 4.78 is 32.4. The third kappa shape index (κ3) is 4.05. The summed E-state index contributed by atoms with van der Waals surface area (Å²) in [5.74, 6) is -0.932. The summed E-state index contributed by atoms with van der Waals surface area (Å²) in [4.78, 5) is 21.3. The van der Waals surface area contributed by atoms with Crippen molar-refractivity contribution < 1.29 is 18.3 Å². The molecule has 3 rings (SSSR count). The summed E-state index contributed by atoms with van der Waals surface area (Å²) in [5, 5.41) is 2.84. The smallest absolute Gasteiger partial charge is 0.230 e. The molecule has 0 aliphatic heterocycles. The van der Waals surface area contributed by atoms with E-state index in [0.29, 0.717) is 29.8 Å². The molecule has 1 fully saturated rings. The molecule has 1 aromatic heterocycles. The summed E-state index contributed by atoms with van der Waals surface area (Å²) >= 11 is 0. The average molecular weight is 376 g/mol. The van der Waals surface area contributed by atoms with Gasteiger partial charge in [-0.3, -0.25) is 4.79 Å². The Bertz CT molecular complexity index is 818. The molecule has 0 spiro atoms. The molecule has 1 aliphatic rings. The Morgan fingerprint density at radius 1 is 1.26 bits per heavy atom. The first-order valence-corrected chi connectivity index (χ1v) is 8.79. The van der Waals surface area contributed by atoms with Crippen LogP contribution in [0.4, 0.5) is 14.6 Å². The minimum Gasteiger partial charge on any atom is -0.383 e. The van der Waals surface area contributed by atoms with E-state index in [4.69, 9.17) is 10.5 Å². The number of benzene rings is 1. The molecular weight excluding hydrogens is 354 g/mol. The van der Waals surface area contributed by atoms with Gasteiger partial charge in [-0.2, -0.15) is 0 Å². The van der Waals surface area contributed by atoms with Crippen LogP contribution in [-0.4, -0.2) is 23.0 Å². The van der Waals surface area contributed by atoms with Crippen LogP contribution in [0.25, 0.3) is 0 Å². The molecule has 0 saturated heterocycles. The number of hydrogen-bond donors (Lipinski definition) is 2. The molecule has 3 N–H and O–H groups in total. The minimum atomic E-state index is -0.936. The Hall–Kier alpha value is -2.61. The van der Waals surface area contributed by atoms with E-state index in [0.717, 1.165) is 18.9 Å². The van der Waals surface area contributed by atoms with Crippen molar-refractivity contribution in [1.82, 2.24) is 15.3 Å². The van der Waals surface area contributed by atoms with Gasteiger partial charge in [-0.25, -0.2) is 18.7 Å². The molecule has 0 atom stereocenters. The second-order valence-electron chi connectivity index (χ2n) is 6.76. The fourth-order valence-corrected chi connectivity index (χ4v) is 3.59. The van der Waals surface area contributed by atoms with E-state index < -0.39 is 17.0 Å². The maximum atomic E-state index is 13.7. The number of nitrogens with one attached hydrogen (secondary N) is 1. The Balaban J connectivity index is 1.78. The molecule has 144 valence electrons. The zero-order valence-corrected chi connectivity index (χ0v) is 15.1. The Labute approximate surface area is 156 Å². The Kier molecular flexibility index (Phi) is 5.65. The number of nitrogens with two attached hydrogens (primary N) is 1. The average Bonchev–Trinajstić information content (AvgIpc) is 3.11. The van der Waals surface area contributed by atoms with Gasteiger partial charge in [-0.1, -0.05) is 12.8 Å². The van der Waals surface area contributed by atoms with E-state index in [2.05, 4.69) is 15.3 Å². The van der Waals surface area contributed by atoms with Crippen molar-refractivity contribution in [3.05, 3.63) is 53.0 Å². The maximum absolute atomic E-state index is 13.7. The minimum absolute atomic E-state index is 0.136. The topological polar surface area (TPSA) is 90.1 Å². The molecule has 0 radical (unpaired) electrons. The van der Waals surface area contributed by atoms with Crippen LogP contribution in [0.2, 0.25) is 0 Å². The summed E-state index contributed by atoms with van der Waals surface area (Å²) in [6.07, 6.45) is 4.27. The first-order chi connectivity index (χ1) is 12.9. The molecule has 1 aliphatic carbocycles. The number of amides is 1. The summed E-state index contributed by atoms with van der Waals surface area (Å²) in [7, 11) is 1.53. The van der Waals surface area contributed by atoms with E-state index in [-0.39, 0.29) is 24.9 Å². The number of rotatable bonds is 6. The third-order valence-electron chi connectivity index (χ3n) is 4.97. The highest BCUT2D eigenvalue weighted by Gasteiger charge is 2.43. The molecule has 6 nitrogen and oxygen atoms in total. The van der Waals surface area contributed by atoms with Crippen LogP contribution in [0.1, 0.15) is 42.6 Å². The molecule has 0 unspecified atom stereocenters. The lowest BCUT2D eigenvalue weighted by molar-refractivity contribution is -0.126. The molecule has 8 heteroatoms. The quantitative estimate of drug-likeness (QED) is 0.809. The zero-order valence-electron chi connectivity index (χ0n) is 15.1. The molecule has 1 aromatic carbocycles. The number of hydrogen-bond acceptors (Lipinski definition) is 5. The molecule has 1 heterocycles. The fourth-order valence-electron chi connectivity index (χ4n) is 3.59. The fraction of sp³-hybridized carbons (Fsp3) is 0.421. The highest BCUT2D eigenvalue weighted by atomic mass is 19.1. The first-order valence-electron chi connectivity index (χ1n) is 8.79. The lowest BCUT2D eigenvalue weighted by Gasteiger charge is -2.28. The number of carbonyl (C=O) groups is 1. The SMILES string of the molecule is COCc1ncc(CNC(=O)C2(c3cc(F)cc(F)c3)CCCC2)c(N)n1. The van der Waals surface area contributed by atoms with Gasteiger partial charge in [0.2, 0.25) is 5.91 Å². The molecule has 2 aromatic rings. The summed E-state index contributed by atoms with van der Waals surface area (Å²) in [6.45, 7) is 0.378. The predicted octanol–water partition coefficient (Wildman–Crippen LogP) is 2.61. The van der Waals surface area contributed by atoms with Crippen LogP contribution in [0.5, 0.6) is 0 Å². The van der Waals surface area contributed by atoms with E-state index >= 15 is 0 Å². The van der Waals surface area contributed by atoms with Gasteiger partial charge in [0.15, 0.2) is 5.82 Å². The number of nitrogen functional groups attached to an aromatic ring is 1. The van der Waals surface area contributed by atoms with E-state index in [1.165, 1.54) is 19.2 Å². The molecule has 1 amide bonds. The van der Waals surface area contributed by atoms with Crippen molar-refractivity contribution in [3.8, 4) is 0 Å². The van der Waals surface area contributed by atoms with Crippen LogP contribution in [0, 0.1) is 11.6 Å². The standard InChI is InChI=1S/C19H22F2N4O2/c1-27-11-16-23-9-12(17(22)25-16)10-24-18(26)19(4-2-3-5-19)13-6-14(20)8-15(21)7-13/h6-9H,2-5,10-11H2,1H3,(H,24,26)(H2,22,23,25). The zero-order chi connectivity index (χ0) is 19.4. The Morgan fingerprint density at radius 2 is 1.93 bits per heavy atom. The number of halogens is 2. The maximum Gasteiger partial charge on any atom is 0.230 e. The molecule has 0 bridgehead atoms. The molecule has 27 heavy (non-hydrogen) atoms. The largest absolute Gasteiger partial charge is 0.383 e. The highest BCUT2D eigenvalue weighted by Crippen LogP contribution is 2.42. The Morgan fingerprint density at radius 3 is 2.52 bits per heavy atom. The van der Waals surface area contributed by atoms with Gasteiger partial charge in [0.1, 0.15) is 24.1 Å². The third-order valence-corrected chi connectivity index (χ3v) is 4.97. The monoisotopic (exact) mass is 376 g/mol. The van der Waals surface area contributed by atoms with Crippen molar-refractivity contribution in [2.75, 3.05) is 12.8 Å². The second-order valence-corrected chi connectivity index (χ2v) is 6.76. The van der Waals surface area contributed by atoms with Crippen molar-refractivity contribution in [2.24, 2.45) is 0 Å². The van der Waals surface area contributed by atoms with E-state index in [1.807, 2.05) is 0 Å².